The summed E-state index contributed by atoms with van der Waals surface area (Å²) < 4.78 is 26.5. The Morgan fingerprint density at radius 2 is 1.92 bits per heavy atom. The van der Waals surface area contributed by atoms with Gasteiger partial charge in [0.05, 0.1) is 12.5 Å². The minimum absolute atomic E-state index is 0.155. The lowest BCUT2D eigenvalue weighted by molar-refractivity contribution is 0.0766. The maximum absolute atomic E-state index is 12.9. The van der Waals surface area contributed by atoms with Crippen LogP contribution in [0.2, 0.25) is 0 Å². The molecule has 1 saturated heterocycles. The number of hydrogen-bond acceptors (Lipinski definition) is 5. The van der Waals surface area contributed by atoms with Crippen LogP contribution in [0, 0.1) is 13.8 Å². The third kappa shape index (κ3) is 3.13. The number of sulfonamides is 1. The monoisotopic (exact) mass is 351 g/mol. The average Bonchev–Trinajstić information content (AvgIpc) is 2.75. The van der Waals surface area contributed by atoms with Gasteiger partial charge in [-0.1, -0.05) is 0 Å². The molecule has 9 heteroatoms. The number of aromatic nitrogens is 3. The number of fused-ring (bicyclic) bond motifs is 1. The molecule has 24 heavy (non-hydrogen) atoms. The van der Waals surface area contributed by atoms with Gasteiger partial charge in [0.15, 0.2) is 5.65 Å². The summed E-state index contributed by atoms with van der Waals surface area (Å²) in [5, 5.41) is 4.25. The Kier molecular flexibility index (Phi) is 4.31. The van der Waals surface area contributed by atoms with Crippen LogP contribution in [-0.2, 0) is 10.0 Å². The van der Waals surface area contributed by atoms with Crippen LogP contribution >= 0.6 is 0 Å². The minimum Gasteiger partial charge on any atom is -0.337 e. The van der Waals surface area contributed by atoms with Gasteiger partial charge >= 0.3 is 0 Å². The van der Waals surface area contributed by atoms with E-state index in [4.69, 9.17) is 0 Å². The Morgan fingerprint density at radius 1 is 1.17 bits per heavy atom. The van der Waals surface area contributed by atoms with Crippen molar-refractivity contribution in [3.63, 3.8) is 0 Å². The van der Waals surface area contributed by atoms with E-state index in [9.17, 15) is 13.2 Å². The molecule has 1 fully saturated rings. The number of amides is 1. The van der Waals surface area contributed by atoms with E-state index < -0.39 is 10.0 Å². The van der Waals surface area contributed by atoms with E-state index in [0.29, 0.717) is 43.8 Å². The number of aryl methyl sites for hydroxylation is 2. The highest BCUT2D eigenvalue weighted by molar-refractivity contribution is 7.88. The minimum atomic E-state index is -3.23. The molecule has 0 aliphatic carbocycles. The number of carbonyl (C=O) groups is 1. The summed E-state index contributed by atoms with van der Waals surface area (Å²) >= 11 is 0. The van der Waals surface area contributed by atoms with Crippen LogP contribution < -0.4 is 0 Å². The van der Waals surface area contributed by atoms with Gasteiger partial charge in [0.25, 0.3) is 5.91 Å². The molecule has 3 rings (SSSR count). The van der Waals surface area contributed by atoms with Gasteiger partial charge in [-0.25, -0.2) is 22.2 Å². The van der Waals surface area contributed by atoms with Crippen molar-refractivity contribution >= 4 is 21.6 Å². The largest absolute Gasteiger partial charge is 0.337 e. The molecule has 0 bridgehead atoms. The van der Waals surface area contributed by atoms with Crippen molar-refractivity contribution in [1.82, 2.24) is 23.8 Å². The van der Waals surface area contributed by atoms with E-state index in [1.807, 2.05) is 19.9 Å². The maximum atomic E-state index is 12.9. The van der Waals surface area contributed by atoms with Gasteiger partial charge in [-0.05, 0) is 26.3 Å². The van der Waals surface area contributed by atoms with Crippen molar-refractivity contribution in [2.24, 2.45) is 0 Å². The van der Waals surface area contributed by atoms with Gasteiger partial charge < -0.3 is 4.90 Å². The molecule has 8 nitrogen and oxygen atoms in total. The zero-order valence-corrected chi connectivity index (χ0v) is 14.9. The van der Waals surface area contributed by atoms with Crippen LogP contribution in [0.4, 0.5) is 0 Å². The van der Waals surface area contributed by atoms with E-state index >= 15 is 0 Å². The first kappa shape index (κ1) is 16.8. The molecule has 1 aliphatic heterocycles. The fraction of sp³-hybridized carbons (Fsp3) is 0.533. The van der Waals surface area contributed by atoms with Crippen LogP contribution in [0.1, 0.15) is 28.2 Å². The second-order valence-corrected chi connectivity index (χ2v) is 8.12. The third-order valence-electron chi connectivity index (χ3n) is 4.22. The van der Waals surface area contributed by atoms with Crippen molar-refractivity contribution in [1.29, 1.82) is 0 Å². The molecular formula is C15H21N5O3S. The lowest BCUT2D eigenvalue weighted by Crippen LogP contribution is -2.37. The first-order chi connectivity index (χ1) is 11.3. The highest BCUT2D eigenvalue weighted by Crippen LogP contribution is 2.16. The Hall–Kier alpha value is -2.00. The van der Waals surface area contributed by atoms with Crippen molar-refractivity contribution in [3.8, 4) is 0 Å². The van der Waals surface area contributed by atoms with Gasteiger partial charge in [-0.2, -0.15) is 5.10 Å². The molecule has 0 atom stereocenters. The summed E-state index contributed by atoms with van der Waals surface area (Å²) in [6.07, 6.45) is 3.35. The smallest absolute Gasteiger partial charge is 0.259 e. The summed E-state index contributed by atoms with van der Waals surface area (Å²) in [5.74, 6) is -0.155. The molecule has 0 N–H and O–H groups in total. The van der Waals surface area contributed by atoms with E-state index in [2.05, 4.69) is 10.1 Å². The molecule has 0 aromatic carbocycles. The van der Waals surface area contributed by atoms with Gasteiger partial charge in [0.1, 0.15) is 5.56 Å². The Labute approximate surface area is 141 Å². The van der Waals surface area contributed by atoms with E-state index in [1.165, 1.54) is 16.8 Å². The van der Waals surface area contributed by atoms with Gasteiger partial charge in [0, 0.05) is 37.6 Å². The maximum Gasteiger partial charge on any atom is 0.259 e. The topological polar surface area (TPSA) is 87.9 Å². The average molecular weight is 351 g/mol. The van der Waals surface area contributed by atoms with Crippen LogP contribution in [0.5, 0.6) is 0 Å². The second kappa shape index (κ2) is 6.14. The quantitative estimate of drug-likeness (QED) is 0.784. The molecule has 1 amide bonds. The third-order valence-corrected chi connectivity index (χ3v) is 5.52. The highest BCUT2D eigenvalue weighted by atomic mass is 32.2. The summed E-state index contributed by atoms with van der Waals surface area (Å²) in [4.78, 5) is 19.0. The molecular weight excluding hydrogens is 330 g/mol. The first-order valence-electron chi connectivity index (χ1n) is 7.84. The zero-order valence-electron chi connectivity index (χ0n) is 14.1. The molecule has 0 unspecified atom stereocenters. The molecule has 0 saturated carbocycles. The van der Waals surface area contributed by atoms with E-state index in [1.54, 1.807) is 9.42 Å². The van der Waals surface area contributed by atoms with Crippen LogP contribution in [-0.4, -0.2) is 70.6 Å². The first-order valence-corrected chi connectivity index (χ1v) is 9.68. The number of rotatable bonds is 2. The number of carbonyl (C=O) groups excluding carboxylic acids is 1. The predicted molar refractivity (Wildman–Crippen MR) is 89.4 cm³/mol. The standard InChI is InChI=1S/C15H21N5O3S/c1-11-9-12(2)20-14(17-11)13(10-16-20)15(21)18-5-4-6-19(8-7-18)24(3,22)23/h9-10H,4-8H2,1-3H3. The molecule has 130 valence electrons. The molecule has 3 heterocycles. The molecule has 0 radical (unpaired) electrons. The molecule has 2 aromatic heterocycles. The SMILES string of the molecule is Cc1cc(C)n2ncc(C(=O)N3CCCN(S(C)(=O)=O)CC3)c2n1. The Balaban J connectivity index is 1.87. The fourth-order valence-corrected chi connectivity index (χ4v) is 3.89. The lowest BCUT2D eigenvalue weighted by atomic mass is 10.2. The van der Waals surface area contributed by atoms with Crippen molar-refractivity contribution < 1.29 is 13.2 Å². The summed E-state index contributed by atoms with van der Waals surface area (Å²) in [7, 11) is -3.23. The predicted octanol–water partition coefficient (Wildman–Crippen LogP) is 0.454. The second-order valence-electron chi connectivity index (χ2n) is 6.14. The van der Waals surface area contributed by atoms with Crippen LogP contribution in [0.3, 0.4) is 0 Å². The number of nitrogens with zero attached hydrogens (tertiary/aromatic N) is 5. The summed E-state index contributed by atoms with van der Waals surface area (Å²) in [6, 6.07) is 1.91. The van der Waals surface area contributed by atoms with Gasteiger partial charge in [0.2, 0.25) is 10.0 Å². The van der Waals surface area contributed by atoms with Crippen molar-refractivity contribution in [2.45, 2.75) is 20.3 Å². The molecule has 2 aromatic rings. The molecule has 1 aliphatic rings. The van der Waals surface area contributed by atoms with E-state index in [-0.39, 0.29) is 5.91 Å². The fourth-order valence-electron chi connectivity index (χ4n) is 3.02. The van der Waals surface area contributed by atoms with E-state index in [0.717, 1.165) is 11.4 Å². The van der Waals surface area contributed by atoms with Gasteiger partial charge in [-0.3, -0.25) is 4.79 Å². The lowest BCUT2D eigenvalue weighted by Gasteiger charge is -2.20. The van der Waals surface area contributed by atoms with Crippen molar-refractivity contribution in [2.75, 3.05) is 32.4 Å². The highest BCUT2D eigenvalue weighted by Gasteiger charge is 2.26. The number of hydrogen-bond donors (Lipinski definition) is 0. The Bertz CT molecular complexity index is 890. The summed E-state index contributed by atoms with van der Waals surface area (Å²) in [6.45, 7) is 5.44. The van der Waals surface area contributed by atoms with Gasteiger partial charge in [-0.15, -0.1) is 0 Å². The normalized spacial score (nSPS) is 17.2. The van der Waals surface area contributed by atoms with Crippen LogP contribution in [0.15, 0.2) is 12.3 Å². The Morgan fingerprint density at radius 3 is 2.62 bits per heavy atom. The molecule has 0 spiro atoms. The van der Waals surface area contributed by atoms with Crippen molar-refractivity contribution in [3.05, 3.63) is 29.2 Å². The van der Waals surface area contributed by atoms with Crippen LogP contribution in [0.25, 0.3) is 5.65 Å². The zero-order chi connectivity index (χ0) is 17.5. The summed E-state index contributed by atoms with van der Waals surface area (Å²) in [5.41, 5.74) is 2.74.